The van der Waals surface area contributed by atoms with Crippen molar-refractivity contribution in [3.8, 4) is 11.3 Å². The van der Waals surface area contributed by atoms with Crippen LogP contribution in [0.25, 0.3) is 11.3 Å². The minimum Gasteiger partial charge on any atom is -0.457 e. The van der Waals surface area contributed by atoms with E-state index in [1.807, 2.05) is 43.3 Å². The summed E-state index contributed by atoms with van der Waals surface area (Å²) in [5, 5.41) is 14.2. The van der Waals surface area contributed by atoms with E-state index < -0.39 is 11.1 Å². The van der Waals surface area contributed by atoms with Gasteiger partial charge in [-0.2, -0.15) is 0 Å². The molecule has 142 valence electrons. The predicted molar refractivity (Wildman–Crippen MR) is 105 cm³/mol. The van der Waals surface area contributed by atoms with Crippen molar-refractivity contribution in [3.05, 3.63) is 82.1 Å². The molecule has 0 saturated heterocycles. The van der Waals surface area contributed by atoms with Crippen LogP contribution in [0.4, 0.5) is 11.4 Å². The number of benzene rings is 2. The van der Waals surface area contributed by atoms with Crippen molar-refractivity contribution in [3.63, 3.8) is 0 Å². The lowest BCUT2D eigenvalue weighted by molar-refractivity contribution is -0.384. The van der Waals surface area contributed by atoms with E-state index in [0.717, 1.165) is 17.7 Å². The Balaban J connectivity index is 1.66. The first-order valence-corrected chi connectivity index (χ1v) is 9.09. The first-order chi connectivity index (χ1) is 13.6. The summed E-state index contributed by atoms with van der Waals surface area (Å²) >= 11 is 0. The summed E-state index contributed by atoms with van der Waals surface area (Å²) in [5.41, 5.74) is 2.19. The zero-order chi connectivity index (χ0) is 19.7. The zero-order valence-electron chi connectivity index (χ0n) is 15.3. The zero-order valence-corrected chi connectivity index (χ0v) is 15.3. The van der Waals surface area contributed by atoms with Crippen LogP contribution in [0.3, 0.4) is 0 Å². The van der Waals surface area contributed by atoms with Gasteiger partial charge >= 0.3 is 0 Å². The first-order valence-electron chi connectivity index (χ1n) is 9.09. The molecule has 1 aliphatic heterocycles. The SMILES string of the molecule is CCCN1C(=O)c2ccccc2N[C@@H]1c1ccc(-c2ccc([N+](=O)[O-])cc2)o1. The minimum atomic E-state index is -0.436. The number of carbonyl (C=O) groups is 1. The number of hydrogen-bond donors (Lipinski definition) is 1. The van der Waals surface area contributed by atoms with Crippen LogP contribution in [0.2, 0.25) is 0 Å². The Labute approximate surface area is 161 Å². The number of amides is 1. The number of furan rings is 1. The fraction of sp³-hybridized carbons (Fsp3) is 0.190. The molecule has 3 aromatic rings. The maximum atomic E-state index is 12.9. The Hall–Kier alpha value is -3.61. The molecule has 0 fully saturated rings. The van der Waals surface area contributed by atoms with Gasteiger partial charge in [0.15, 0.2) is 6.17 Å². The monoisotopic (exact) mass is 377 g/mol. The number of nitrogens with zero attached hydrogens (tertiary/aromatic N) is 2. The summed E-state index contributed by atoms with van der Waals surface area (Å²) in [6.45, 7) is 2.62. The van der Waals surface area contributed by atoms with Gasteiger partial charge in [0.05, 0.1) is 10.5 Å². The van der Waals surface area contributed by atoms with E-state index in [1.165, 1.54) is 12.1 Å². The number of para-hydroxylation sites is 1. The molecule has 2 aromatic carbocycles. The largest absolute Gasteiger partial charge is 0.457 e. The number of hydrogen-bond acceptors (Lipinski definition) is 5. The molecule has 1 atom stereocenters. The van der Waals surface area contributed by atoms with Crippen LogP contribution in [0.5, 0.6) is 0 Å². The van der Waals surface area contributed by atoms with E-state index in [-0.39, 0.29) is 11.6 Å². The standard InChI is InChI=1S/C21H19N3O4/c1-2-13-23-20(22-17-6-4-3-5-16(17)21(23)25)19-12-11-18(28-19)14-7-9-15(10-8-14)24(26)27/h3-12,20,22H,2,13H2,1H3/t20-/m0/s1. The average molecular weight is 377 g/mol. The highest BCUT2D eigenvalue weighted by Crippen LogP contribution is 2.35. The van der Waals surface area contributed by atoms with Crippen molar-refractivity contribution in [2.75, 3.05) is 11.9 Å². The molecule has 7 heteroatoms. The van der Waals surface area contributed by atoms with Gasteiger partial charge in [0.1, 0.15) is 11.5 Å². The molecule has 1 N–H and O–H groups in total. The van der Waals surface area contributed by atoms with E-state index in [2.05, 4.69) is 5.32 Å². The Kier molecular flexibility index (Phi) is 4.57. The van der Waals surface area contributed by atoms with Gasteiger partial charge in [0.25, 0.3) is 11.6 Å². The maximum absolute atomic E-state index is 12.9. The summed E-state index contributed by atoms with van der Waals surface area (Å²) in [4.78, 5) is 25.1. The molecule has 0 saturated carbocycles. The van der Waals surface area contributed by atoms with Crippen LogP contribution < -0.4 is 5.32 Å². The van der Waals surface area contributed by atoms with Gasteiger partial charge in [0, 0.05) is 29.9 Å². The smallest absolute Gasteiger partial charge is 0.269 e. The molecule has 1 amide bonds. The van der Waals surface area contributed by atoms with Crippen molar-refractivity contribution in [1.29, 1.82) is 0 Å². The number of rotatable bonds is 5. The van der Waals surface area contributed by atoms with Crippen molar-refractivity contribution in [1.82, 2.24) is 4.90 Å². The second-order valence-corrected chi connectivity index (χ2v) is 6.60. The number of anilines is 1. The van der Waals surface area contributed by atoms with Gasteiger partial charge in [-0.25, -0.2) is 0 Å². The molecule has 0 bridgehead atoms. The lowest BCUT2D eigenvalue weighted by atomic mass is 10.1. The quantitative estimate of drug-likeness (QED) is 0.508. The first kappa shape index (κ1) is 17.8. The van der Waals surface area contributed by atoms with Gasteiger partial charge in [-0.05, 0) is 42.8 Å². The fourth-order valence-corrected chi connectivity index (χ4v) is 3.39. The Morgan fingerprint density at radius 3 is 2.57 bits per heavy atom. The highest BCUT2D eigenvalue weighted by Gasteiger charge is 2.34. The van der Waals surface area contributed by atoms with E-state index in [0.29, 0.717) is 23.6 Å². The van der Waals surface area contributed by atoms with E-state index >= 15 is 0 Å². The van der Waals surface area contributed by atoms with Crippen molar-refractivity contribution >= 4 is 17.3 Å². The molecule has 0 unspecified atom stereocenters. The van der Waals surface area contributed by atoms with Crippen LogP contribution in [0.15, 0.2) is 65.1 Å². The molecule has 0 radical (unpaired) electrons. The summed E-state index contributed by atoms with van der Waals surface area (Å²) in [5.74, 6) is 1.17. The Bertz CT molecular complexity index is 1030. The van der Waals surface area contributed by atoms with E-state index in [4.69, 9.17) is 4.42 Å². The third-order valence-corrected chi connectivity index (χ3v) is 4.75. The van der Waals surface area contributed by atoms with Crippen LogP contribution in [0.1, 0.15) is 35.6 Å². The topological polar surface area (TPSA) is 88.6 Å². The molecular formula is C21H19N3O4. The summed E-state index contributed by atoms with van der Waals surface area (Å²) in [6, 6.07) is 17.3. The number of non-ortho nitro benzene ring substituents is 1. The van der Waals surface area contributed by atoms with Crippen LogP contribution in [-0.4, -0.2) is 22.3 Å². The predicted octanol–water partition coefficient (Wildman–Crippen LogP) is 4.83. The number of nitrogens with one attached hydrogen (secondary N) is 1. The molecule has 2 heterocycles. The third-order valence-electron chi connectivity index (χ3n) is 4.75. The number of nitro benzene ring substituents is 1. The Morgan fingerprint density at radius 1 is 1.11 bits per heavy atom. The minimum absolute atomic E-state index is 0.0285. The van der Waals surface area contributed by atoms with Gasteiger partial charge < -0.3 is 14.6 Å². The van der Waals surface area contributed by atoms with Crippen LogP contribution in [-0.2, 0) is 0 Å². The second kappa shape index (κ2) is 7.19. The molecule has 1 aromatic heterocycles. The lowest BCUT2D eigenvalue weighted by Gasteiger charge is -2.36. The lowest BCUT2D eigenvalue weighted by Crippen LogP contribution is -2.43. The summed E-state index contributed by atoms with van der Waals surface area (Å²) in [7, 11) is 0. The van der Waals surface area contributed by atoms with E-state index in [9.17, 15) is 14.9 Å². The van der Waals surface area contributed by atoms with Crippen molar-refractivity contribution in [2.45, 2.75) is 19.5 Å². The Morgan fingerprint density at radius 2 is 1.86 bits per heavy atom. The molecule has 0 spiro atoms. The molecule has 28 heavy (non-hydrogen) atoms. The normalized spacial score (nSPS) is 15.8. The molecule has 0 aliphatic carbocycles. The molecular weight excluding hydrogens is 358 g/mol. The van der Waals surface area contributed by atoms with Crippen molar-refractivity contribution < 1.29 is 14.1 Å². The third kappa shape index (κ3) is 3.11. The fourth-order valence-electron chi connectivity index (χ4n) is 3.39. The highest BCUT2D eigenvalue weighted by molar-refractivity contribution is 6.01. The van der Waals surface area contributed by atoms with Gasteiger partial charge in [-0.3, -0.25) is 14.9 Å². The van der Waals surface area contributed by atoms with Crippen molar-refractivity contribution in [2.24, 2.45) is 0 Å². The van der Waals surface area contributed by atoms with Crippen LogP contribution >= 0.6 is 0 Å². The highest BCUT2D eigenvalue weighted by atomic mass is 16.6. The van der Waals surface area contributed by atoms with Gasteiger partial charge in [-0.1, -0.05) is 19.1 Å². The van der Waals surface area contributed by atoms with Gasteiger partial charge in [0.2, 0.25) is 0 Å². The molecule has 1 aliphatic rings. The number of carbonyl (C=O) groups excluding carboxylic acids is 1. The molecule has 7 nitrogen and oxygen atoms in total. The second-order valence-electron chi connectivity index (χ2n) is 6.60. The summed E-state index contributed by atoms with van der Waals surface area (Å²) in [6.07, 6.45) is 0.413. The van der Waals surface area contributed by atoms with E-state index in [1.54, 1.807) is 17.0 Å². The van der Waals surface area contributed by atoms with Crippen LogP contribution in [0, 0.1) is 10.1 Å². The number of nitro groups is 1. The summed E-state index contributed by atoms with van der Waals surface area (Å²) < 4.78 is 6.02. The number of fused-ring (bicyclic) bond motifs is 1. The maximum Gasteiger partial charge on any atom is 0.269 e. The molecule has 4 rings (SSSR count). The average Bonchev–Trinajstić information content (AvgIpc) is 3.20. The van der Waals surface area contributed by atoms with Gasteiger partial charge in [-0.15, -0.1) is 0 Å².